The molecule has 1 atom stereocenters. The third-order valence-electron chi connectivity index (χ3n) is 3.48. The fourth-order valence-corrected chi connectivity index (χ4v) is 3.50. The number of hydrogen-bond acceptors (Lipinski definition) is 3. The zero-order chi connectivity index (χ0) is 13.9. The van der Waals surface area contributed by atoms with E-state index in [-0.39, 0.29) is 11.8 Å². The van der Waals surface area contributed by atoms with Crippen LogP contribution in [0.2, 0.25) is 4.34 Å². The number of benzene rings is 1. The van der Waals surface area contributed by atoms with E-state index < -0.39 is 0 Å². The maximum Gasteiger partial charge on any atom is 0.229 e. The van der Waals surface area contributed by atoms with Crippen LogP contribution < -0.4 is 10.6 Å². The molecule has 5 heteroatoms. The van der Waals surface area contributed by atoms with Crippen molar-refractivity contribution in [2.24, 2.45) is 0 Å². The summed E-state index contributed by atoms with van der Waals surface area (Å²) in [7, 11) is 0. The Bertz CT molecular complexity index is 626. The van der Waals surface area contributed by atoms with Gasteiger partial charge in [0.1, 0.15) is 0 Å². The Morgan fingerprint density at radius 3 is 3.00 bits per heavy atom. The summed E-state index contributed by atoms with van der Waals surface area (Å²) in [5.41, 5.74) is 2.34. The monoisotopic (exact) mass is 306 g/mol. The number of rotatable bonds is 3. The summed E-state index contributed by atoms with van der Waals surface area (Å²) < 4.78 is 0.749. The van der Waals surface area contributed by atoms with E-state index in [0.717, 1.165) is 21.3 Å². The number of halogens is 1. The first-order valence-corrected chi connectivity index (χ1v) is 7.74. The minimum atomic E-state index is -0.115. The summed E-state index contributed by atoms with van der Waals surface area (Å²) in [6, 6.07) is 11.9. The normalized spacial score (nSPS) is 17.6. The van der Waals surface area contributed by atoms with Crippen molar-refractivity contribution in [2.75, 3.05) is 6.54 Å². The molecule has 3 nitrogen and oxygen atoms in total. The Hall–Kier alpha value is -1.36. The summed E-state index contributed by atoms with van der Waals surface area (Å²) in [6.45, 7) is 2.06. The number of hydrogen-bond donors (Lipinski definition) is 2. The first kappa shape index (κ1) is 13.6. The Balaban J connectivity index is 1.69. The molecule has 1 aromatic carbocycles. The maximum absolute atomic E-state index is 12.4. The van der Waals surface area contributed by atoms with E-state index in [0.29, 0.717) is 13.1 Å². The van der Waals surface area contributed by atoms with Crippen LogP contribution in [-0.4, -0.2) is 12.5 Å². The zero-order valence-corrected chi connectivity index (χ0v) is 12.4. The largest absolute Gasteiger partial charge is 0.351 e. The average Bonchev–Trinajstić information content (AvgIpc) is 2.90. The Kier molecular flexibility index (Phi) is 4.05. The van der Waals surface area contributed by atoms with Gasteiger partial charge in [0.05, 0.1) is 16.8 Å². The second-order valence-corrected chi connectivity index (χ2v) is 6.61. The van der Waals surface area contributed by atoms with Crippen molar-refractivity contribution in [3.05, 3.63) is 56.7 Å². The van der Waals surface area contributed by atoms with Crippen molar-refractivity contribution in [3.63, 3.8) is 0 Å². The molecule has 2 aromatic rings. The van der Waals surface area contributed by atoms with Crippen molar-refractivity contribution in [3.8, 4) is 0 Å². The molecule has 0 saturated heterocycles. The van der Waals surface area contributed by atoms with E-state index in [2.05, 4.69) is 16.7 Å². The van der Waals surface area contributed by atoms with Gasteiger partial charge in [-0.2, -0.15) is 0 Å². The van der Waals surface area contributed by atoms with Crippen LogP contribution >= 0.6 is 22.9 Å². The number of carbonyl (C=O) groups is 1. The van der Waals surface area contributed by atoms with Crippen LogP contribution in [0.1, 0.15) is 21.9 Å². The van der Waals surface area contributed by atoms with E-state index in [9.17, 15) is 4.79 Å². The average molecular weight is 307 g/mol. The summed E-state index contributed by atoms with van der Waals surface area (Å²) in [5.74, 6) is -0.0513. The number of thiophene rings is 1. The molecule has 1 aliphatic heterocycles. The van der Waals surface area contributed by atoms with Crippen molar-refractivity contribution < 1.29 is 4.79 Å². The fraction of sp³-hybridized carbons (Fsp3) is 0.267. The van der Waals surface area contributed by atoms with Gasteiger partial charge in [0.15, 0.2) is 0 Å². The van der Waals surface area contributed by atoms with Gasteiger partial charge in [0, 0.05) is 18.0 Å². The molecule has 20 heavy (non-hydrogen) atoms. The summed E-state index contributed by atoms with van der Waals surface area (Å²) in [6.07, 6.45) is 0. The number of amides is 1. The smallest absolute Gasteiger partial charge is 0.229 e. The molecule has 1 unspecified atom stereocenters. The predicted molar refractivity (Wildman–Crippen MR) is 82.1 cm³/mol. The second-order valence-electron chi connectivity index (χ2n) is 4.81. The van der Waals surface area contributed by atoms with Gasteiger partial charge in [0.25, 0.3) is 0 Å². The van der Waals surface area contributed by atoms with Gasteiger partial charge < -0.3 is 10.6 Å². The van der Waals surface area contributed by atoms with Crippen molar-refractivity contribution >= 4 is 28.8 Å². The van der Waals surface area contributed by atoms with Gasteiger partial charge in [-0.15, -0.1) is 11.3 Å². The lowest BCUT2D eigenvalue weighted by atomic mass is 9.90. The van der Waals surface area contributed by atoms with Crippen LogP contribution in [0.25, 0.3) is 0 Å². The van der Waals surface area contributed by atoms with E-state index in [1.807, 2.05) is 30.3 Å². The lowest BCUT2D eigenvalue weighted by Gasteiger charge is -2.25. The summed E-state index contributed by atoms with van der Waals surface area (Å²) >= 11 is 7.38. The van der Waals surface area contributed by atoms with Crippen molar-refractivity contribution in [1.82, 2.24) is 10.6 Å². The zero-order valence-electron chi connectivity index (χ0n) is 10.9. The van der Waals surface area contributed by atoms with Crippen LogP contribution in [-0.2, 0) is 17.9 Å². The maximum atomic E-state index is 12.4. The molecule has 0 radical (unpaired) electrons. The van der Waals surface area contributed by atoms with Gasteiger partial charge in [-0.1, -0.05) is 35.9 Å². The molecule has 2 heterocycles. The number of nitrogens with one attached hydrogen (secondary N) is 2. The Labute approximate surface area is 127 Å². The quantitative estimate of drug-likeness (QED) is 0.915. The molecule has 1 amide bonds. The molecule has 0 spiro atoms. The van der Waals surface area contributed by atoms with E-state index in [4.69, 9.17) is 11.6 Å². The van der Waals surface area contributed by atoms with Gasteiger partial charge in [-0.3, -0.25) is 4.79 Å². The SMILES string of the molecule is O=C(NCc1ccc(Cl)s1)C1CNCc2ccccc21. The molecular formula is C15H15ClN2OS. The molecular weight excluding hydrogens is 292 g/mol. The molecule has 1 aliphatic rings. The van der Waals surface area contributed by atoms with Crippen LogP contribution in [0, 0.1) is 0 Å². The van der Waals surface area contributed by atoms with E-state index >= 15 is 0 Å². The molecule has 0 bridgehead atoms. The molecule has 104 valence electrons. The molecule has 3 rings (SSSR count). The van der Waals surface area contributed by atoms with Crippen LogP contribution in [0.3, 0.4) is 0 Å². The van der Waals surface area contributed by atoms with Gasteiger partial charge in [-0.25, -0.2) is 0 Å². The minimum absolute atomic E-state index is 0.0640. The Morgan fingerprint density at radius 2 is 2.20 bits per heavy atom. The Morgan fingerprint density at radius 1 is 1.35 bits per heavy atom. The van der Waals surface area contributed by atoms with Gasteiger partial charge in [-0.05, 0) is 23.3 Å². The molecule has 0 saturated carbocycles. The highest BCUT2D eigenvalue weighted by Crippen LogP contribution is 2.25. The highest BCUT2D eigenvalue weighted by molar-refractivity contribution is 7.16. The van der Waals surface area contributed by atoms with Crippen LogP contribution in [0.15, 0.2) is 36.4 Å². The number of fused-ring (bicyclic) bond motifs is 1. The summed E-state index contributed by atoms with van der Waals surface area (Å²) in [4.78, 5) is 13.4. The molecule has 2 N–H and O–H groups in total. The van der Waals surface area contributed by atoms with Crippen LogP contribution in [0.4, 0.5) is 0 Å². The van der Waals surface area contributed by atoms with Crippen molar-refractivity contribution in [1.29, 1.82) is 0 Å². The van der Waals surface area contributed by atoms with E-state index in [1.54, 1.807) is 0 Å². The minimum Gasteiger partial charge on any atom is -0.351 e. The topological polar surface area (TPSA) is 41.1 Å². The fourth-order valence-electron chi connectivity index (χ4n) is 2.47. The lowest BCUT2D eigenvalue weighted by Crippen LogP contribution is -2.38. The van der Waals surface area contributed by atoms with Crippen LogP contribution in [0.5, 0.6) is 0 Å². The molecule has 0 aliphatic carbocycles. The summed E-state index contributed by atoms with van der Waals surface area (Å²) in [5, 5.41) is 6.29. The first-order valence-electron chi connectivity index (χ1n) is 6.54. The standard InChI is InChI=1S/C15H15ClN2OS/c16-14-6-5-11(20-14)8-18-15(19)13-9-17-7-10-3-1-2-4-12(10)13/h1-6,13,17H,7-9H2,(H,18,19). The highest BCUT2D eigenvalue weighted by atomic mass is 35.5. The van der Waals surface area contributed by atoms with E-state index in [1.165, 1.54) is 16.9 Å². The second kappa shape index (κ2) is 5.95. The third-order valence-corrected chi connectivity index (χ3v) is 4.71. The highest BCUT2D eigenvalue weighted by Gasteiger charge is 2.25. The van der Waals surface area contributed by atoms with Gasteiger partial charge >= 0.3 is 0 Å². The lowest BCUT2D eigenvalue weighted by molar-refractivity contribution is -0.122. The molecule has 0 fully saturated rings. The van der Waals surface area contributed by atoms with Crippen molar-refractivity contribution in [2.45, 2.75) is 19.0 Å². The first-order chi connectivity index (χ1) is 9.74. The van der Waals surface area contributed by atoms with Gasteiger partial charge in [0.2, 0.25) is 5.91 Å². The third kappa shape index (κ3) is 2.87. The predicted octanol–water partition coefficient (Wildman–Crippen LogP) is 2.90. The number of carbonyl (C=O) groups excluding carboxylic acids is 1. The molecule has 1 aromatic heterocycles.